The zero-order chi connectivity index (χ0) is 19.8. The maximum absolute atomic E-state index is 12.9. The summed E-state index contributed by atoms with van der Waals surface area (Å²) in [7, 11) is 0. The van der Waals surface area contributed by atoms with Gasteiger partial charge in [0.2, 0.25) is 5.91 Å². The number of anilines is 1. The summed E-state index contributed by atoms with van der Waals surface area (Å²) in [5, 5.41) is 6.34. The molecule has 2 N–H and O–H groups in total. The minimum absolute atomic E-state index is 0.00250. The fourth-order valence-corrected chi connectivity index (χ4v) is 6.43. The highest BCUT2D eigenvalue weighted by atomic mass is 16.2. The number of para-hydroxylation sites is 1. The Morgan fingerprint density at radius 3 is 2.10 bits per heavy atom. The van der Waals surface area contributed by atoms with Crippen LogP contribution in [0.15, 0.2) is 30.3 Å². The summed E-state index contributed by atoms with van der Waals surface area (Å²) in [5.41, 5.74) is 0.825. The van der Waals surface area contributed by atoms with Crippen molar-refractivity contribution in [3.05, 3.63) is 30.3 Å². The Morgan fingerprint density at radius 1 is 0.862 bits per heavy atom. The molecule has 1 aromatic rings. The molecule has 6 heteroatoms. The summed E-state index contributed by atoms with van der Waals surface area (Å²) >= 11 is 0. The average Bonchev–Trinajstić information content (AvgIpc) is 2.71. The molecule has 0 radical (unpaired) electrons. The highest BCUT2D eigenvalue weighted by molar-refractivity contribution is 5.92. The lowest BCUT2D eigenvalue weighted by Crippen LogP contribution is -2.60. The molecule has 5 fully saturated rings. The molecule has 0 unspecified atom stereocenters. The number of benzene rings is 1. The van der Waals surface area contributed by atoms with E-state index in [4.69, 9.17) is 0 Å². The van der Waals surface area contributed by atoms with Crippen LogP contribution in [-0.4, -0.2) is 60.5 Å². The number of piperazine rings is 1. The van der Waals surface area contributed by atoms with Gasteiger partial charge in [-0.25, -0.2) is 4.79 Å². The SMILES string of the molecule is O=C(CN1CCN(C(=O)NC2C3CC4CC(C3)CC2C4)CC1)Nc1ccccc1. The molecule has 4 bridgehead atoms. The lowest BCUT2D eigenvalue weighted by atomic mass is 9.54. The lowest BCUT2D eigenvalue weighted by molar-refractivity contribution is -0.117. The normalized spacial score (nSPS) is 33.5. The van der Waals surface area contributed by atoms with E-state index in [0.717, 1.165) is 30.6 Å². The number of urea groups is 1. The van der Waals surface area contributed by atoms with Crippen LogP contribution < -0.4 is 10.6 Å². The molecular formula is C23H32N4O2. The molecule has 4 saturated carbocycles. The van der Waals surface area contributed by atoms with Crippen LogP contribution in [0.25, 0.3) is 0 Å². The first-order valence-electron chi connectivity index (χ1n) is 11.3. The summed E-state index contributed by atoms with van der Waals surface area (Å²) in [4.78, 5) is 29.2. The predicted octanol–water partition coefficient (Wildman–Crippen LogP) is 2.78. The van der Waals surface area contributed by atoms with Gasteiger partial charge in [-0.1, -0.05) is 18.2 Å². The highest BCUT2D eigenvalue weighted by Gasteiger charge is 2.48. The van der Waals surface area contributed by atoms with Crippen LogP contribution in [0.1, 0.15) is 32.1 Å². The zero-order valence-electron chi connectivity index (χ0n) is 17.1. The number of carbonyl (C=O) groups is 2. The first-order valence-corrected chi connectivity index (χ1v) is 11.3. The van der Waals surface area contributed by atoms with Crippen molar-refractivity contribution in [2.24, 2.45) is 23.7 Å². The van der Waals surface area contributed by atoms with E-state index in [1.165, 1.54) is 32.1 Å². The second kappa shape index (κ2) is 7.98. The minimum Gasteiger partial charge on any atom is -0.335 e. The molecule has 0 spiro atoms. The van der Waals surface area contributed by atoms with Crippen molar-refractivity contribution < 1.29 is 9.59 Å². The van der Waals surface area contributed by atoms with Crippen LogP contribution in [0.2, 0.25) is 0 Å². The lowest BCUT2D eigenvalue weighted by Gasteiger charge is -2.54. The van der Waals surface area contributed by atoms with Gasteiger partial charge in [0, 0.05) is 37.9 Å². The average molecular weight is 397 g/mol. The number of rotatable bonds is 4. The molecule has 3 amide bonds. The molecule has 156 valence electrons. The summed E-state index contributed by atoms with van der Waals surface area (Å²) in [6, 6.07) is 10.0. The number of hydrogen-bond donors (Lipinski definition) is 2. The van der Waals surface area contributed by atoms with E-state index in [-0.39, 0.29) is 11.9 Å². The number of nitrogens with one attached hydrogen (secondary N) is 2. The van der Waals surface area contributed by atoms with Gasteiger partial charge < -0.3 is 15.5 Å². The largest absolute Gasteiger partial charge is 0.335 e. The molecule has 1 aromatic carbocycles. The zero-order valence-corrected chi connectivity index (χ0v) is 17.1. The topological polar surface area (TPSA) is 64.7 Å². The van der Waals surface area contributed by atoms with E-state index < -0.39 is 0 Å². The van der Waals surface area contributed by atoms with Gasteiger partial charge >= 0.3 is 6.03 Å². The Hall–Kier alpha value is -2.08. The Morgan fingerprint density at radius 2 is 1.48 bits per heavy atom. The smallest absolute Gasteiger partial charge is 0.317 e. The van der Waals surface area contributed by atoms with E-state index in [1.54, 1.807) is 0 Å². The predicted molar refractivity (Wildman–Crippen MR) is 112 cm³/mol. The van der Waals surface area contributed by atoms with E-state index >= 15 is 0 Å². The molecule has 29 heavy (non-hydrogen) atoms. The number of nitrogens with zero attached hydrogens (tertiary/aromatic N) is 2. The van der Waals surface area contributed by atoms with Crippen molar-refractivity contribution in [2.45, 2.75) is 38.1 Å². The van der Waals surface area contributed by atoms with Gasteiger partial charge in [-0.05, 0) is 67.9 Å². The first-order chi connectivity index (χ1) is 14.1. The Labute approximate surface area is 173 Å². The van der Waals surface area contributed by atoms with Crippen LogP contribution in [0.3, 0.4) is 0 Å². The van der Waals surface area contributed by atoms with Gasteiger partial charge in [0.25, 0.3) is 0 Å². The van der Waals surface area contributed by atoms with Crippen LogP contribution in [0.4, 0.5) is 10.5 Å². The molecule has 0 atom stereocenters. The number of amides is 3. The number of hydrogen-bond acceptors (Lipinski definition) is 3. The van der Waals surface area contributed by atoms with E-state index in [2.05, 4.69) is 15.5 Å². The third-order valence-corrected chi connectivity index (χ3v) is 7.60. The highest BCUT2D eigenvalue weighted by Crippen LogP contribution is 2.53. The molecule has 6 nitrogen and oxygen atoms in total. The van der Waals surface area contributed by atoms with Gasteiger partial charge in [-0.15, -0.1) is 0 Å². The van der Waals surface area contributed by atoms with Gasteiger partial charge in [-0.3, -0.25) is 9.69 Å². The van der Waals surface area contributed by atoms with E-state index in [0.29, 0.717) is 37.5 Å². The van der Waals surface area contributed by atoms with Crippen molar-refractivity contribution in [3.63, 3.8) is 0 Å². The maximum Gasteiger partial charge on any atom is 0.317 e. The van der Waals surface area contributed by atoms with E-state index in [1.807, 2.05) is 35.2 Å². The monoisotopic (exact) mass is 396 g/mol. The summed E-state index contributed by atoms with van der Waals surface area (Å²) in [6.07, 6.45) is 6.72. The van der Waals surface area contributed by atoms with Crippen molar-refractivity contribution in [2.75, 3.05) is 38.0 Å². The van der Waals surface area contributed by atoms with Gasteiger partial charge in [0.05, 0.1) is 6.54 Å². The van der Waals surface area contributed by atoms with Gasteiger partial charge in [0.1, 0.15) is 0 Å². The fourth-order valence-electron chi connectivity index (χ4n) is 6.43. The molecular weight excluding hydrogens is 364 g/mol. The fraction of sp³-hybridized carbons (Fsp3) is 0.652. The van der Waals surface area contributed by atoms with Crippen molar-refractivity contribution in [3.8, 4) is 0 Å². The molecule has 4 aliphatic carbocycles. The third kappa shape index (κ3) is 4.13. The Balaban J connectivity index is 1.08. The standard InChI is InChI=1S/C23H32N4O2/c28-21(24-20-4-2-1-3-5-20)15-26-6-8-27(9-7-26)23(29)25-22-18-11-16-10-17(13-18)14-19(22)12-16/h1-5,16-19,22H,6-15H2,(H,24,28)(H,25,29). The van der Waals surface area contributed by atoms with Gasteiger partial charge in [-0.2, -0.15) is 0 Å². The van der Waals surface area contributed by atoms with Crippen LogP contribution in [-0.2, 0) is 4.79 Å². The Bertz CT molecular complexity index is 717. The van der Waals surface area contributed by atoms with Gasteiger partial charge in [0.15, 0.2) is 0 Å². The van der Waals surface area contributed by atoms with Crippen LogP contribution in [0, 0.1) is 23.7 Å². The molecule has 1 aliphatic heterocycles. The summed E-state index contributed by atoms with van der Waals surface area (Å²) in [5.74, 6) is 3.27. The summed E-state index contributed by atoms with van der Waals surface area (Å²) < 4.78 is 0. The second-order valence-corrected chi connectivity index (χ2v) is 9.58. The van der Waals surface area contributed by atoms with Crippen molar-refractivity contribution >= 4 is 17.6 Å². The third-order valence-electron chi connectivity index (χ3n) is 7.60. The maximum atomic E-state index is 12.9. The van der Waals surface area contributed by atoms with Crippen LogP contribution >= 0.6 is 0 Å². The van der Waals surface area contributed by atoms with Crippen molar-refractivity contribution in [1.29, 1.82) is 0 Å². The quantitative estimate of drug-likeness (QED) is 0.823. The second-order valence-electron chi connectivity index (χ2n) is 9.58. The molecule has 0 aromatic heterocycles. The molecule has 5 aliphatic rings. The van der Waals surface area contributed by atoms with E-state index in [9.17, 15) is 9.59 Å². The minimum atomic E-state index is 0.00250. The molecule has 1 saturated heterocycles. The Kier molecular flexibility index (Phi) is 5.20. The first kappa shape index (κ1) is 18.9. The number of carbonyl (C=O) groups excluding carboxylic acids is 2. The molecule has 1 heterocycles. The summed E-state index contributed by atoms with van der Waals surface area (Å²) in [6.45, 7) is 3.25. The van der Waals surface area contributed by atoms with Crippen molar-refractivity contribution in [1.82, 2.24) is 15.1 Å². The van der Waals surface area contributed by atoms with Crippen LogP contribution in [0.5, 0.6) is 0 Å². The molecule has 6 rings (SSSR count).